The summed E-state index contributed by atoms with van der Waals surface area (Å²) in [5, 5.41) is 0. The largest absolute Gasteiger partial charge is 0.461 e. The van der Waals surface area contributed by atoms with Gasteiger partial charge >= 0.3 is 5.97 Å². The van der Waals surface area contributed by atoms with Crippen LogP contribution in [0.5, 0.6) is 0 Å². The zero-order chi connectivity index (χ0) is 20.9. The van der Waals surface area contributed by atoms with Crippen molar-refractivity contribution in [2.24, 2.45) is 0 Å². The van der Waals surface area contributed by atoms with Crippen molar-refractivity contribution in [1.29, 1.82) is 0 Å². The molecule has 1 aromatic rings. The van der Waals surface area contributed by atoms with Crippen LogP contribution in [0.25, 0.3) is 0 Å². The van der Waals surface area contributed by atoms with E-state index in [9.17, 15) is 13.2 Å². The summed E-state index contributed by atoms with van der Waals surface area (Å²) in [5.41, 5.74) is 2.69. The Kier molecular flexibility index (Phi) is 5.64. The molecule has 0 amide bonds. The number of carbonyl (C=O) groups excluding carboxylic acids is 1. The van der Waals surface area contributed by atoms with E-state index in [2.05, 4.69) is 25.7 Å². The topological polar surface area (TPSA) is 66.9 Å². The monoisotopic (exact) mass is 408 g/mol. The van der Waals surface area contributed by atoms with Gasteiger partial charge in [0.1, 0.15) is 12.1 Å². The number of ether oxygens (including phenoxy) is 1. The lowest BCUT2D eigenvalue weighted by Gasteiger charge is -2.36. The van der Waals surface area contributed by atoms with Crippen molar-refractivity contribution in [3.8, 4) is 0 Å². The highest BCUT2D eigenvalue weighted by Gasteiger charge is 2.39. The van der Waals surface area contributed by atoms with Crippen LogP contribution in [0.4, 0.5) is 0 Å². The number of cyclic esters (lactones) is 1. The van der Waals surface area contributed by atoms with Crippen LogP contribution in [0.3, 0.4) is 0 Å². The van der Waals surface area contributed by atoms with Gasteiger partial charge in [-0.05, 0) is 42.9 Å². The highest BCUT2D eigenvalue weighted by molar-refractivity contribution is 7.89. The number of rotatable bonds is 3. The van der Waals surface area contributed by atoms with Gasteiger partial charge in [0.25, 0.3) is 0 Å². The first-order chi connectivity index (χ1) is 12.9. The molecule has 28 heavy (non-hydrogen) atoms. The van der Waals surface area contributed by atoms with E-state index in [0.717, 1.165) is 16.7 Å². The van der Waals surface area contributed by atoms with Crippen molar-refractivity contribution in [1.82, 2.24) is 9.21 Å². The van der Waals surface area contributed by atoms with Crippen molar-refractivity contribution in [3.63, 3.8) is 0 Å². The molecule has 6 nitrogen and oxygen atoms in total. The van der Waals surface area contributed by atoms with Crippen molar-refractivity contribution < 1.29 is 17.9 Å². The first-order valence-corrected chi connectivity index (χ1v) is 11.4. The number of hydrogen-bond donors (Lipinski definition) is 0. The highest BCUT2D eigenvalue weighted by atomic mass is 32.2. The van der Waals surface area contributed by atoms with Crippen LogP contribution in [-0.4, -0.2) is 61.9 Å². The van der Waals surface area contributed by atoms with Crippen LogP contribution in [0, 0.1) is 13.8 Å². The molecule has 0 N–H and O–H groups in total. The lowest BCUT2D eigenvalue weighted by atomic mass is 9.85. The summed E-state index contributed by atoms with van der Waals surface area (Å²) in [4.78, 5) is 14.5. The molecule has 2 aliphatic heterocycles. The van der Waals surface area contributed by atoms with Crippen molar-refractivity contribution >= 4 is 16.0 Å². The maximum atomic E-state index is 13.3. The normalized spacial score (nSPS) is 25.1. The number of carbonyl (C=O) groups is 1. The van der Waals surface area contributed by atoms with E-state index in [0.29, 0.717) is 37.5 Å². The molecule has 3 rings (SSSR count). The molecule has 0 aromatic heterocycles. The Morgan fingerprint density at radius 2 is 1.57 bits per heavy atom. The number of nitrogens with zero attached hydrogens (tertiary/aromatic N) is 2. The first kappa shape index (κ1) is 21.3. The first-order valence-electron chi connectivity index (χ1n) is 9.97. The summed E-state index contributed by atoms with van der Waals surface area (Å²) in [5.74, 6) is -0.187. The number of aryl methyl sites for hydroxylation is 2. The molecule has 2 fully saturated rings. The minimum atomic E-state index is -3.57. The molecule has 0 aliphatic carbocycles. The zero-order valence-electron chi connectivity index (χ0n) is 17.8. The van der Waals surface area contributed by atoms with Crippen LogP contribution in [0.15, 0.2) is 17.0 Å². The number of hydrogen-bond acceptors (Lipinski definition) is 5. The van der Waals surface area contributed by atoms with Gasteiger partial charge in [0.2, 0.25) is 10.0 Å². The number of piperazine rings is 1. The van der Waals surface area contributed by atoms with Crippen LogP contribution < -0.4 is 0 Å². The fourth-order valence-corrected chi connectivity index (χ4v) is 6.04. The lowest BCUT2D eigenvalue weighted by Crippen LogP contribution is -2.53. The van der Waals surface area contributed by atoms with Gasteiger partial charge in [-0.1, -0.05) is 32.9 Å². The van der Waals surface area contributed by atoms with E-state index >= 15 is 0 Å². The smallest absolute Gasteiger partial charge is 0.323 e. The highest BCUT2D eigenvalue weighted by Crippen LogP contribution is 2.31. The molecular weight excluding hydrogens is 376 g/mol. The summed E-state index contributed by atoms with van der Waals surface area (Å²) in [6, 6.07) is 3.74. The van der Waals surface area contributed by atoms with E-state index in [1.165, 1.54) is 0 Å². The maximum Gasteiger partial charge on any atom is 0.323 e. The second kappa shape index (κ2) is 7.43. The SMILES string of the molecule is Cc1cc(C(C)(C)C)cc(C)c1S(=O)(=O)N1CCN(C2CC(C)OC2=O)CC1. The fourth-order valence-electron chi connectivity index (χ4n) is 4.21. The van der Waals surface area contributed by atoms with Gasteiger partial charge in [-0.3, -0.25) is 9.69 Å². The predicted molar refractivity (Wildman–Crippen MR) is 109 cm³/mol. The molecule has 2 heterocycles. The Balaban J connectivity index is 1.79. The standard InChI is InChI=1S/C21H32N2O4S/c1-14-11-17(21(4,5)6)12-15(2)19(14)28(25,26)23-9-7-22(8-10-23)18-13-16(3)27-20(18)24/h11-12,16,18H,7-10,13H2,1-6H3. The Bertz CT molecular complexity index is 842. The molecule has 2 atom stereocenters. The molecule has 0 spiro atoms. The molecule has 2 aliphatic rings. The van der Waals surface area contributed by atoms with Crippen molar-refractivity contribution in [2.45, 2.75) is 70.4 Å². The van der Waals surface area contributed by atoms with E-state index in [4.69, 9.17) is 4.74 Å². The summed E-state index contributed by atoms with van der Waals surface area (Å²) in [6.07, 6.45) is 0.615. The number of sulfonamides is 1. The molecule has 0 bridgehead atoms. The van der Waals surface area contributed by atoms with E-state index < -0.39 is 10.0 Å². The maximum absolute atomic E-state index is 13.3. The van der Waals surface area contributed by atoms with Crippen LogP contribution in [0.1, 0.15) is 50.8 Å². The van der Waals surface area contributed by atoms with E-state index in [1.54, 1.807) is 4.31 Å². The van der Waals surface area contributed by atoms with Crippen LogP contribution >= 0.6 is 0 Å². The Morgan fingerprint density at radius 3 is 2.00 bits per heavy atom. The molecule has 0 radical (unpaired) electrons. The molecule has 0 saturated carbocycles. The molecule has 7 heteroatoms. The summed E-state index contributed by atoms with van der Waals surface area (Å²) >= 11 is 0. The molecule has 156 valence electrons. The van der Waals surface area contributed by atoms with Crippen molar-refractivity contribution in [3.05, 3.63) is 28.8 Å². The average molecular weight is 409 g/mol. The third-order valence-corrected chi connectivity index (χ3v) is 7.99. The van der Waals surface area contributed by atoms with Crippen LogP contribution in [0.2, 0.25) is 0 Å². The van der Waals surface area contributed by atoms with Gasteiger partial charge in [0.15, 0.2) is 0 Å². The van der Waals surface area contributed by atoms with E-state index in [1.807, 2.05) is 32.9 Å². The van der Waals surface area contributed by atoms with Gasteiger partial charge in [-0.2, -0.15) is 4.31 Å². The zero-order valence-corrected chi connectivity index (χ0v) is 18.6. The van der Waals surface area contributed by atoms with Gasteiger partial charge in [-0.25, -0.2) is 8.42 Å². The molecule has 2 unspecified atom stereocenters. The Hall–Kier alpha value is -1.44. The van der Waals surface area contributed by atoms with Gasteiger partial charge in [0, 0.05) is 32.6 Å². The van der Waals surface area contributed by atoms with Gasteiger partial charge in [-0.15, -0.1) is 0 Å². The fraction of sp³-hybridized carbons (Fsp3) is 0.667. The predicted octanol–water partition coefficient (Wildman–Crippen LogP) is 2.61. The third kappa shape index (κ3) is 3.98. The van der Waals surface area contributed by atoms with Gasteiger partial charge < -0.3 is 4.74 Å². The van der Waals surface area contributed by atoms with Gasteiger partial charge in [0.05, 0.1) is 4.90 Å². The summed E-state index contributed by atoms with van der Waals surface area (Å²) in [7, 11) is -3.57. The minimum Gasteiger partial charge on any atom is -0.461 e. The number of esters is 1. The Labute approximate surface area is 168 Å². The quantitative estimate of drug-likeness (QED) is 0.719. The average Bonchev–Trinajstić information content (AvgIpc) is 2.91. The molecular formula is C21H32N2O4S. The summed E-state index contributed by atoms with van der Waals surface area (Å²) < 4.78 is 33.5. The summed E-state index contributed by atoms with van der Waals surface area (Å²) in [6.45, 7) is 13.9. The second-order valence-corrected chi connectivity index (χ2v) is 11.0. The minimum absolute atomic E-state index is 0.0313. The Morgan fingerprint density at radius 1 is 1.04 bits per heavy atom. The molecule has 1 aromatic carbocycles. The van der Waals surface area contributed by atoms with E-state index in [-0.39, 0.29) is 23.5 Å². The second-order valence-electron chi connectivity index (χ2n) is 9.13. The van der Waals surface area contributed by atoms with Crippen molar-refractivity contribution in [2.75, 3.05) is 26.2 Å². The van der Waals surface area contributed by atoms with Crippen LogP contribution in [-0.2, 0) is 25.0 Å². The molecule has 2 saturated heterocycles. The number of benzene rings is 1. The third-order valence-electron chi connectivity index (χ3n) is 5.78. The lowest BCUT2D eigenvalue weighted by molar-refractivity contribution is -0.145.